The van der Waals surface area contributed by atoms with Gasteiger partial charge in [-0.1, -0.05) is 6.92 Å². The highest BCUT2D eigenvalue weighted by Gasteiger charge is 2.28. The van der Waals surface area contributed by atoms with Gasteiger partial charge in [-0.3, -0.25) is 0 Å². The minimum absolute atomic E-state index is 0.448. The van der Waals surface area contributed by atoms with Gasteiger partial charge in [0.2, 0.25) is 0 Å². The smallest absolute Gasteiger partial charge is 0.0590 e. The Morgan fingerprint density at radius 1 is 1.64 bits per heavy atom. The predicted octanol–water partition coefficient (Wildman–Crippen LogP) is 1.41. The van der Waals surface area contributed by atoms with Crippen molar-refractivity contribution < 1.29 is 4.74 Å². The minimum atomic E-state index is 0.448. The number of rotatable bonds is 3. The number of ether oxygens (including phenoxy) is 1. The largest absolute Gasteiger partial charge is 0.378 e. The molecule has 0 spiro atoms. The van der Waals surface area contributed by atoms with Crippen LogP contribution in [0.15, 0.2) is 0 Å². The molecular formula is C9H19NO. The first-order valence-electron chi connectivity index (χ1n) is 4.60. The van der Waals surface area contributed by atoms with Crippen LogP contribution in [-0.2, 0) is 4.74 Å². The van der Waals surface area contributed by atoms with Gasteiger partial charge >= 0.3 is 0 Å². The van der Waals surface area contributed by atoms with Crippen molar-refractivity contribution in [3.05, 3.63) is 0 Å². The zero-order chi connectivity index (χ0) is 8.27. The van der Waals surface area contributed by atoms with Crippen LogP contribution in [0.1, 0.15) is 27.2 Å². The van der Waals surface area contributed by atoms with Crippen molar-refractivity contribution in [1.82, 2.24) is 5.32 Å². The maximum absolute atomic E-state index is 5.49. The van der Waals surface area contributed by atoms with E-state index in [2.05, 4.69) is 26.1 Å². The van der Waals surface area contributed by atoms with E-state index in [-0.39, 0.29) is 0 Å². The average molecular weight is 157 g/mol. The second kappa shape index (κ2) is 4.07. The SMILES string of the molecule is CCNC(C)C1CCOC1C. The van der Waals surface area contributed by atoms with Gasteiger partial charge in [-0.05, 0) is 26.8 Å². The third-order valence-corrected chi connectivity index (χ3v) is 2.60. The number of hydrogen-bond donors (Lipinski definition) is 1. The van der Waals surface area contributed by atoms with Gasteiger partial charge in [0.1, 0.15) is 0 Å². The van der Waals surface area contributed by atoms with Gasteiger partial charge in [0.25, 0.3) is 0 Å². The Balaban J connectivity index is 2.33. The van der Waals surface area contributed by atoms with Gasteiger partial charge in [-0.2, -0.15) is 0 Å². The van der Waals surface area contributed by atoms with Crippen LogP contribution in [-0.4, -0.2) is 25.3 Å². The molecule has 66 valence electrons. The molecule has 1 fully saturated rings. The number of hydrogen-bond acceptors (Lipinski definition) is 2. The molecule has 2 nitrogen and oxygen atoms in total. The van der Waals surface area contributed by atoms with E-state index in [0.29, 0.717) is 12.1 Å². The Labute approximate surface area is 69.3 Å². The van der Waals surface area contributed by atoms with E-state index in [9.17, 15) is 0 Å². The van der Waals surface area contributed by atoms with Crippen molar-refractivity contribution >= 4 is 0 Å². The molecular weight excluding hydrogens is 138 g/mol. The third-order valence-electron chi connectivity index (χ3n) is 2.60. The molecule has 1 saturated heterocycles. The predicted molar refractivity (Wildman–Crippen MR) is 46.7 cm³/mol. The first-order valence-corrected chi connectivity index (χ1v) is 4.60. The van der Waals surface area contributed by atoms with Gasteiger partial charge in [-0.15, -0.1) is 0 Å². The van der Waals surface area contributed by atoms with Crippen molar-refractivity contribution in [2.45, 2.75) is 39.3 Å². The van der Waals surface area contributed by atoms with Gasteiger partial charge in [0, 0.05) is 18.6 Å². The molecule has 0 saturated carbocycles. The highest BCUT2D eigenvalue weighted by Crippen LogP contribution is 2.23. The summed E-state index contributed by atoms with van der Waals surface area (Å²) in [5.74, 6) is 0.718. The van der Waals surface area contributed by atoms with Gasteiger partial charge in [0.15, 0.2) is 0 Å². The topological polar surface area (TPSA) is 21.3 Å². The fourth-order valence-electron chi connectivity index (χ4n) is 1.88. The Hall–Kier alpha value is -0.0800. The van der Waals surface area contributed by atoms with Crippen LogP contribution in [0.5, 0.6) is 0 Å². The molecule has 0 aromatic carbocycles. The summed E-state index contributed by atoms with van der Waals surface area (Å²) in [5.41, 5.74) is 0. The normalized spacial score (nSPS) is 34.1. The summed E-state index contributed by atoms with van der Waals surface area (Å²) < 4.78 is 5.49. The van der Waals surface area contributed by atoms with E-state index in [0.717, 1.165) is 19.1 Å². The fraction of sp³-hybridized carbons (Fsp3) is 1.00. The average Bonchev–Trinajstić information content (AvgIpc) is 2.36. The van der Waals surface area contributed by atoms with Gasteiger partial charge < -0.3 is 10.1 Å². The molecule has 0 bridgehead atoms. The molecule has 3 unspecified atom stereocenters. The molecule has 1 rings (SSSR count). The molecule has 2 heteroatoms. The molecule has 3 atom stereocenters. The fourth-order valence-corrected chi connectivity index (χ4v) is 1.88. The molecule has 0 aromatic rings. The van der Waals surface area contributed by atoms with Crippen LogP contribution >= 0.6 is 0 Å². The van der Waals surface area contributed by atoms with E-state index < -0.39 is 0 Å². The standard InChI is InChI=1S/C9H19NO/c1-4-10-7(2)9-5-6-11-8(9)3/h7-10H,4-6H2,1-3H3. The molecule has 0 radical (unpaired) electrons. The molecule has 1 aliphatic heterocycles. The molecule has 0 amide bonds. The molecule has 11 heavy (non-hydrogen) atoms. The van der Waals surface area contributed by atoms with Crippen molar-refractivity contribution in [2.75, 3.05) is 13.2 Å². The van der Waals surface area contributed by atoms with Crippen molar-refractivity contribution in [2.24, 2.45) is 5.92 Å². The molecule has 1 heterocycles. The summed E-state index contributed by atoms with van der Waals surface area (Å²) in [6.07, 6.45) is 1.67. The van der Waals surface area contributed by atoms with Crippen LogP contribution < -0.4 is 5.32 Å². The van der Waals surface area contributed by atoms with Gasteiger partial charge in [-0.25, -0.2) is 0 Å². The third kappa shape index (κ3) is 2.17. The highest BCUT2D eigenvalue weighted by molar-refractivity contribution is 4.80. The van der Waals surface area contributed by atoms with Crippen molar-refractivity contribution in [3.63, 3.8) is 0 Å². The Bertz CT molecular complexity index is 116. The van der Waals surface area contributed by atoms with Crippen LogP contribution in [0.2, 0.25) is 0 Å². The summed E-state index contributed by atoms with van der Waals surface area (Å²) in [5, 5.41) is 3.44. The van der Waals surface area contributed by atoms with Gasteiger partial charge in [0.05, 0.1) is 6.10 Å². The summed E-state index contributed by atoms with van der Waals surface area (Å²) in [7, 11) is 0. The van der Waals surface area contributed by atoms with Crippen LogP contribution in [0.4, 0.5) is 0 Å². The molecule has 1 N–H and O–H groups in total. The van der Waals surface area contributed by atoms with E-state index in [1.165, 1.54) is 6.42 Å². The second-order valence-electron chi connectivity index (χ2n) is 3.37. The monoisotopic (exact) mass is 157 g/mol. The first kappa shape index (κ1) is 9.01. The molecule has 0 aromatic heterocycles. The molecule has 1 aliphatic rings. The van der Waals surface area contributed by atoms with E-state index in [1.807, 2.05) is 0 Å². The van der Waals surface area contributed by atoms with E-state index in [1.54, 1.807) is 0 Å². The van der Waals surface area contributed by atoms with Crippen molar-refractivity contribution in [1.29, 1.82) is 0 Å². The summed E-state index contributed by atoms with van der Waals surface area (Å²) in [4.78, 5) is 0. The lowest BCUT2D eigenvalue weighted by Gasteiger charge is -2.22. The Morgan fingerprint density at radius 2 is 2.36 bits per heavy atom. The lowest BCUT2D eigenvalue weighted by molar-refractivity contribution is 0.0975. The second-order valence-corrected chi connectivity index (χ2v) is 3.37. The van der Waals surface area contributed by atoms with Crippen LogP contribution in [0, 0.1) is 5.92 Å². The Morgan fingerprint density at radius 3 is 2.82 bits per heavy atom. The lowest BCUT2D eigenvalue weighted by Crippen LogP contribution is -2.36. The minimum Gasteiger partial charge on any atom is -0.378 e. The maximum atomic E-state index is 5.49. The molecule has 0 aliphatic carbocycles. The lowest BCUT2D eigenvalue weighted by atomic mass is 9.95. The Kier molecular flexibility index (Phi) is 3.34. The summed E-state index contributed by atoms with van der Waals surface area (Å²) in [6.45, 7) is 8.58. The van der Waals surface area contributed by atoms with E-state index in [4.69, 9.17) is 4.74 Å². The first-order chi connectivity index (χ1) is 5.25. The van der Waals surface area contributed by atoms with Crippen LogP contribution in [0.25, 0.3) is 0 Å². The zero-order valence-electron chi connectivity index (χ0n) is 7.76. The van der Waals surface area contributed by atoms with Crippen LogP contribution in [0.3, 0.4) is 0 Å². The summed E-state index contributed by atoms with van der Waals surface area (Å²) in [6, 6.07) is 0.609. The maximum Gasteiger partial charge on any atom is 0.0590 e. The quantitative estimate of drug-likeness (QED) is 0.669. The van der Waals surface area contributed by atoms with Crippen molar-refractivity contribution in [3.8, 4) is 0 Å². The highest BCUT2D eigenvalue weighted by atomic mass is 16.5. The number of nitrogens with one attached hydrogen (secondary N) is 1. The summed E-state index contributed by atoms with van der Waals surface area (Å²) >= 11 is 0. The zero-order valence-corrected chi connectivity index (χ0v) is 7.76. The van der Waals surface area contributed by atoms with E-state index >= 15 is 0 Å².